The van der Waals surface area contributed by atoms with E-state index in [-0.39, 0.29) is 29.7 Å². The van der Waals surface area contributed by atoms with Gasteiger partial charge in [-0.1, -0.05) is 36.8 Å². The molecule has 2 bridgehead atoms. The molecule has 4 aliphatic heterocycles. The fourth-order valence-corrected chi connectivity index (χ4v) is 6.56. The molecule has 2 saturated carbocycles. The Hall–Kier alpha value is -3.19. The summed E-state index contributed by atoms with van der Waals surface area (Å²) in [5.41, 5.74) is 2.19. The van der Waals surface area contributed by atoms with E-state index in [0.717, 1.165) is 36.6 Å². The normalized spacial score (nSPS) is 28.6. The van der Waals surface area contributed by atoms with E-state index in [1.54, 1.807) is 4.90 Å². The van der Waals surface area contributed by atoms with Crippen LogP contribution >= 0.6 is 0 Å². The van der Waals surface area contributed by atoms with E-state index in [4.69, 9.17) is 4.74 Å². The number of fused-ring (bicyclic) bond motifs is 3. The molecule has 3 amide bonds. The molecule has 6 aliphatic rings. The van der Waals surface area contributed by atoms with Crippen molar-refractivity contribution in [1.82, 2.24) is 15.5 Å². The van der Waals surface area contributed by atoms with Crippen LogP contribution in [0.15, 0.2) is 48.5 Å². The third kappa shape index (κ3) is 4.54. The zero-order chi connectivity index (χ0) is 25.4. The fourth-order valence-electron chi connectivity index (χ4n) is 6.56. The minimum Gasteiger partial charge on any atom is -0.490 e. The first-order valence-corrected chi connectivity index (χ1v) is 13.8. The summed E-state index contributed by atoms with van der Waals surface area (Å²) < 4.78 is 6.11. The van der Waals surface area contributed by atoms with Crippen molar-refractivity contribution in [2.75, 3.05) is 13.1 Å². The van der Waals surface area contributed by atoms with Gasteiger partial charge in [0, 0.05) is 24.6 Å². The van der Waals surface area contributed by atoms with Crippen LogP contribution in [0, 0.1) is 5.92 Å². The highest BCUT2D eigenvalue weighted by molar-refractivity contribution is 6.10. The van der Waals surface area contributed by atoms with Gasteiger partial charge in [0.15, 0.2) is 0 Å². The van der Waals surface area contributed by atoms with E-state index >= 15 is 0 Å². The Bertz CT molecular complexity index is 1180. The summed E-state index contributed by atoms with van der Waals surface area (Å²) in [5.74, 6) is 0.768. The second kappa shape index (κ2) is 9.93. The number of piperidine rings is 2. The van der Waals surface area contributed by atoms with Crippen molar-refractivity contribution in [3.63, 3.8) is 0 Å². The summed E-state index contributed by atoms with van der Waals surface area (Å²) in [5, 5.41) is 5.78. The van der Waals surface area contributed by atoms with Crippen LogP contribution in [0.4, 0.5) is 0 Å². The molecule has 7 nitrogen and oxygen atoms in total. The number of nitrogens with one attached hydrogen (secondary N) is 2. The lowest BCUT2D eigenvalue weighted by Gasteiger charge is -2.53. The van der Waals surface area contributed by atoms with Crippen LogP contribution in [0.5, 0.6) is 5.75 Å². The van der Waals surface area contributed by atoms with E-state index in [1.165, 1.54) is 37.8 Å². The predicted molar refractivity (Wildman–Crippen MR) is 139 cm³/mol. The van der Waals surface area contributed by atoms with Crippen molar-refractivity contribution in [2.45, 2.75) is 75.5 Å². The molecule has 1 unspecified atom stereocenters. The van der Waals surface area contributed by atoms with Gasteiger partial charge in [-0.05, 0) is 86.7 Å². The Kier molecular flexibility index (Phi) is 6.49. The minimum absolute atomic E-state index is 0.118. The van der Waals surface area contributed by atoms with Crippen LogP contribution in [0.2, 0.25) is 0 Å². The van der Waals surface area contributed by atoms with Crippen molar-refractivity contribution in [3.8, 4) is 5.75 Å². The summed E-state index contributed by atoms with van der Waals surface area (Å²) in [6.45, 7) is 2.74. The van der Waals surface area contributed by atoms with E-state index in [9.17, 15) is 14.4 Å². The SMILES string of the molecule is O=C1NC(=O)C2(N3Cc4cc(OC5CCCCC5)ccc4C3=O)CC1C2.c1ccc(C2CCNC2)cc1. The second-order valence-electron chi connectivity index (χ2n) is 11.1. The van der Waals surface area contributed by atoms with Gasteiger partial charge >= 0.3 is 0 Å². The van der Waals surface area contributed by atoms with E-state index in [2.05, 4.69) is 41.0 Å². The van der Waals surface area contributed by atoms with Gasteiger partial charge < -0.3 is 15.0 Å². The molecule has 5 fully saturated rings. The largest absolute Gasteiger partial charge is 0.490 e. The molecule has 0 spiro atoms. The Labute approximate surface area is 217 Å². The Morgan fingerprint density at radius 2 is 1.68 bits per heavy atom. The number of hydrogen-bond donors (Lipinski definition) is 2. The quantitative estimate of drug-likeness (QED) is 0.620. The average Bonchev–Trinajstić information content (AvgIpc) is 3.54. The van der Waals surface area contributed by atoms with Gasteiger partial charge in [-0.2, -0.15) is 0 Å². The van der Waals surface area contributed by atoms with Gasteiger partial charge in [0.25, 0.3) is 11.8 Å². The molecule has 0 radical (unpaired) electrons. The molecule has 37 heavy (non-hydrogen) atoms. The topological polar surface area (TPSA) is 87.7 Å². The zero-order valence-electron chi connectivity index (χ0n) is 21.2. The number of rotatable bonds is 4. The van der Waals surface area contributed by atoms with Crippen LogP contribution in [0.1, 0.15) is 78.8 Å². The fraction of sp³-hybridized carbons (Fsp3) is 0.500. The molecule has 2 aromatic carbocycles. The molecule has 194 valence electrons. The van der Waals surface area contributed by atoms with E-state index in [0.29, 0.717) is 24.9 Å². The molecular weight excluding hydrogens is 466 g/mol. The summed E-state index contributed by atoms with van der Waals surface area (Å²) in [7, 11) is 0. The zero-order valence-corrected chi connectivity index (χ0v) is 21.2. The second-order valence-corrected chi connectivity index (χ2v) is 11.1. The van der Waals surface area contributed by atoms with Crippen LogP contribution in [-0.4, -0.2) is 47.4 Å². The van der Waals surface area contributed by atoms with Gasteiger partial charge in [-0.3, -0.25) is 19.7 Å². The number of ether oxygens (including phenoxy) is 1. The summed E-state index contributed by atoms with van der Waals surface area (Å²) in [6.07, 6.45) is 8.31. The highest BCUT2D eigenvalue weighted by Crippen LogP contribution is 2.49. The van der Waals surface area contributed by atoms with Crippen LogP contribution < -0.4 is 15.4 Å². The number of carbonyl (C=O) groups is 3. The smallest absolute Gasteiger partial charge is 0.255 e. The molecule has 2 aliphatic carbocycles. The first kappa shape index (κ1) is 24.2. The van der Waals surface area contributed by atoms with Crippen LogP contribution in [0.3, 0.4) is 0 Å². The Balaban J connectivity index is 0.000000191. The maximum atomic E-state index is 12.9. The summed E-state index contributed by atoms with van der Waals surface area (Å²) >= 11 is 0. The first-order chi connectivity index (χ1) is 18.0. The molecule has 1 atom stereocenters. The number of imide groups is 1. The number of hydrogen-bond acceptors (Lipinski definition) is 5. The maximum Gasteiger partial charge on any atom is 0.255 e. The molecule has 3 saturated heterocycles. The van der Waals surface area contributed by atoms with E-state index in [1.807, 2.05) is 18.2 Å². The van der Waals surface area contributed by atoms with Gasteiger partial charge in [0.05, 0.1) is 6.10 Å². The lowest BCUT2D eigenvalue weighted by molar-refractivity contribution is -0.160. The van der Waals surface area contributed by atoms with E-state index < -0.39 is 5.54 Å². The van der Waals surface area contributed by atoms with Crippen LogP contribution in [0.25, 0.3) is 0 Å². The minimum atomic E-state index is -0.848. The highest BCUT2D eigenvalue weighted by Gasteiger charge is 2.62. The monoisotopic (exact) mass is 501 g/mol. The lowest BCUT2D eigenvalue weighted by Crippen LogP contribution is -2.73. The first-order valence-electron chi connectivity index (χ1n) is 13.8. The molecule has 2 aromatic rings. The molecular formula is C30H35N3O4. The molecule has 2 N–H and O–H groups in total. The third-order valence-electron chi connectivity index (χ3n) is 8.78. The Morgan fingerprint density at radius 1 is 0.892 bits per heavy atom. The van der Waals surface area contributed by atoms with Crippen molar-refractivity contribution in [1.29, 1.82) is 0 Å². The lowest BCUT2D eigenvalue weighted by atomic mass is 9.63. The maximum absolute atomic E-state index is 12.9. The highest BCUT2D eigenvalue weighted by atomic mass is 16.5. The van der Waals surface area contributed by atoms with Crippen LogP contribution in [-0.2, 0) is 16.1 Å². The summed E-state index contributed by atoms with van der Waals surface area (Å²) in [6, 6.07) is 16.4. The number of nitrogens with zero attached hydrogens (tertiary/aromatic N) is 1. The van der Waals surface area contributed by atoms with Gasteiger partial charge in [-0.15, -0.1) is 0 Å². The van der Waals surface area contributed by atoms with Crippen molar-refractivity contribution in [2.24, 2.45) is 5.92 Å². The third-order valence-corrected chi connectivity index (χ3v) is 8.78. The average molecular weight is 502 g/mol. The van der Waals surface area contributed by atoms with Crippen molar-refractivity contribution < 1.29 is 19.1 Å². The molecule has 4 heterocycles. The standard InChI is InChI=1S/C20H22N2O4.C10H13N/c23-17-13-9-20(10-13,19(25)21-17)22-11-12-8-15(6-7-16(12)18(22)24)26-14-4-2-1-3-5-14;1-2-4-9(5-3-1)10-6-7-11-8-10/h6-8,13-14H,1-5,9-11H2,(H,21,23,25);1-5,10-11H,6-8H2. The van der Waals surface area contributed by atoms with Gasteiger partial charge in [0.1, 0.15) is 11.3 Å². The number of amides is 3. The van der Waals surface area contributed by atoms with Gasteiger partial charge in [0.2, 0.25) is 5.91 Å². The van der Waals surface area contributed by atoms with Crippen molar-refractivity contribution >= 4 is 17.7 Å². The molecule has 8 rings (SSSR count). The predicted octanol–water partition coefficient (Wildman–Crippen LogP) is 3.92. The number of benzene rings is 2. The number of carbonyl (C=O) groups excluding carboxylic acids is 3. The molecule has 0 aromatic heterocycles. The summed E-state index contributed by atoms with van der Waals surface area (Å²) in [4.78, 5) is 38.6. The Morgan fingerprint density at radius 3 is 2.38 bits per heavy atom. The van der Waals surface area contributed by atoms with Gasteiger partial charge in [-0.25, -0.2) is 0 Å². The van der Waals surface area contributed by atoms with Crippen molar-refractivity contribution in [3.05, 3.63) is 65.2 Å². The molecule has 7 heteroatoms.